The van der Waals surface area contributed by atoms with E-state index in [1.165, 1.54) is 12.0 Å². The molecule has 5 rings (SSSR count). The van der Waals surface area contributed by atoms with Crippen molar-refractivity contribution in [3.05, 3.63) is 52.6 Å². The molecule has 1 saturated heterocycles. The van der Waals surface area contributed by atoms with Crippen LogP contribution < -0.4 is 4.74 Å². The van der Waals surface area contributed by atoms with E-state index in [9.17, 15) is 24.3 Å². The SMILES string of the molecule is COC[C@@H]1CN(C(=O)OC(C)(C)C)C(CC(=O)c2ccc3c(c2)COc2cc4c(cc2-3)CCCC4=O)(C(=O)O)C1. The number of carboxylic acid groups (broad SMARTS) is 1. The molecule has 0 spiro atoms. The van der Waals surface area contributed by atoms with Crippen LogP contribution in [-0.2, 0) is 27.3 Å². The molecule has 0 aromatic heterocycles. The number of hydrogen-bond donors (Lipinski definition) is 1. The fourth-order valence-electron chi connectivity index (χ4n) is 6.11. The number of aryl methyl sites for hydroxylation is 1. The molecule has 1 aliphatic carbocycles. The molecule has 2 atom stereocenters. The Hall–Kier alpha value is -3.72. The average Bonchev–Trinajstić information content (AvgIpc) is 3.26. The van der Waals surface area contributed by atoms with E-state index in [1.54, 1.807) is 32.9 Å². The summed E-state index contributed by atoms with van der Waals surface area (Å²) in [6.07, 6.45) is 1.11. The Morgan fingerprint density at radius 1 is 1.07 bits per heavy atom. The van der Waals surface area contributed by atoms with E-state index in [4.69, 9.17) is 14.2 Å². The van der Waals surface area contributed by atoms with Crippen LogP contribution in [0.4, 0.5) is 4.79 Å². The predicted octanol–water partition coefficient (Wildman–Crippen LogP) is 5.06. The molecule has 40 heavy (non-hydrogen) atoms. The number of amides is 1. The fourth-order valence-corrected chi connectivity index (χ4v) is 6.11. The van der Waals surface area contributed by atoms with Gasteiger partial charge in [0.15, 0.2) is 17.1 Å². The summed E-state index contributed by atoms with van der Waals surface area (Å²) >= 11 is 0. The zero-order valence-corrected chi connectivity index (χ0v) is 23.4. The van der Waals surface area contributed by atoms with Gasteiger partial charge in [-0.15, -0.1) is 0 Å². The highest BCUT2D eigenvalue weighted by molar-refractivity contribution is 6.02. The minimum absolute atomic E-state index is 0.0758. The number of benzene rings is 2. The maximum atomic E-state index is 13.6. The molecule has 0 bridgehead atoms. The number of likely N-dealkylation sites (tertiary alicyclic amines) is 1. The standard InChI is InChI=1S/C31H35NO8/c1-30(2,3)40-29(37)32-15-18(16-38-4)13-31(32,28(35)36)14-26(34)20-8-9-22-21(10-20)17-39-27-12-23-19(11-24(22)27)6-5-7-25(23)33/h8-12,18H,5-7,13-17H2,1-4H3,(H,35,36)/t18-,31?/m0/s1. The van der Waals surface area contributed by atoms with Crippen LogP contribution in [0.3, 0.4) is 0 Å². The van der Waals surface area contributed by atoms with Gasteiger partial charge in [-0.25, -0.2) is 9.59 Å². The van der Waals surface area contributed by atoms with E-state index >= 15 is 0 Å². The van der Waals surface area contributed by atoms with Crippen LogP contribution in [-0.4, -0.2) is 65.0 Å². The summed E-state index contributed by atoms with van der Waals surface area (Å²) in [6, 6.07) is 9.11. The number of fused-ring (bicyclic) bond motifs is 4. The van der Waals surface area contributed by atoms with Gasteiger partial charge in [-0.2, -0.15) is 0 Å². The number of rotatable bonds is 6. The number of carbonyl (C=O) groups excluding carboxylic acids is 3. The first-order valence-corrected chi connectivity index (χ1v) is 13.6. The van der Waals surface area contributed by atoms with Crippen LogP contribution >= 0.6 is 0 Å². The Labute approximate surface area is 233 Å². The summed E-state index contributed by atoms with van der Waals surface area (Å²) in [5, 5.41) is 10.4. The maximum Gasteiger partial charge on any atom is 0.411 e. The number of methoxy groups -OCH3 is 1. The third kappa shape index (κ3) is 5.10. The highest BCUT2D eigenvalue weighted by Crippen LogP contribution is 2.42. The zero-order valence-electron chi connectivity index (χ0n) is 23.4. The second-order valence-electron chi connectivity index (χ2n) is 12.0. The minimum Gasteiger partial charge on any atom is -0.488 e. The molecule has 1 fully saturated rings. The number of aliphatic carboxylic acids is 1. The molecule has 9 nitrogen and oxygen atoms in total. The van der Waals surface area contributed by atoms with Gasteiger partial charge in [-0.05, 0) is 74.9 Å². The smallest absolute Gasteiger partial charge is 0.411 e. The Morgan fingerprint density at radius 2 is 1.85 bits per heavy atom. The van der Waals surface area contributed by atoms with Crippen molar-refractivity contribution < 1.29 is 38.5 Å². The van der Waals surface area contributed by atoms with Crippen molar-refractivity contribution in [1.29, 1.82) is 0 Å². The maximum absolute atomic E-state index is 13.6. The second kappa shape index (κ2) is 10.4. The molecule has 1 amide bonds. The van der Waals surface area contributed by atoms with Gasteiger partial charge < -0.3 is 19.3 Å². The van der Waals surface area contributed by atoms with Crippen molar-refractivity contribution in [2.24, 2.45) is 5.92 Å². The van der Waals surface area contributed by atoms with Crippen molar-refractivity contribution >= 4 is 23.6 Å². The van der Waals surface area contributed by atoms with Crippen molar-refractivity contribution in [3.8, 4) is 16.9 Å². The molecule has 0 saturated carbocycles. The number of carboxylic acids is 1. The number of carbonyl (C=O) groups is 4. The summed E-state index contributed by atoms with van der Waals surface area (Å²) in [6.45, 7) is 5.73. The van der Waals surface area contributed by atoms with Gasteiger partial charge in [0.1, 0.15) is 18.0 Å². The van der Waals surface area contributed by atoms with Gasteiger partial charge in [0.25, 0.3) is 0 Å². The molecular weight excluding hydrogens is 514 g/mol. The highest BCUT2D eigenvalue weighted by Gasteiger charge is 2.55. The molecule has 2 aromatic rings. The number of Topliss-reactive ketones (excluding diaryl/α,β-unsaturated/α-hetero) is 2. The fraction of sp³-hybridized carbons (Fsp3) is 0.484. The Morgan fingerprint density at radius 3 is 2.55 bits per heavy atom. The summed E-state index contributed by atoms with van der Waals surface area (Å²) in [7, 11) is 1.52. The van der Waals surface area contributed by atoms with E-state index < -0.39 is 35.4 Å². The van der Waals surface area contributed by atoms with E-state index in [0.717, 1.165) is 40.7 Å². The van der Waals surface area contributed by atoms with Crippen LogP contribution in [0.2, 0.25) is 0 Å². The molecule has 1 N–H and O–H groups in total. The zero-order chi connectivity index (χ0) is 28.8. The predicted molar refractivity (Wildman–Crippen MR) is 146 cm³/mol. The molecule has 3 aliphatic rings. The quantitative estimate of drug-likeness (QED) is 0.497. The van der Waals surface area contributed by atoms with E-state index in [1.807, 2.05) is 18.2 Å². The number of nitrogens with zero attached hydrogens (tertiary/aromatic N) is 1. The molecule has 0 radical (unpaired) electrons. The van der Waals surface area contributed by atoms with Gasteiger partial charge >= 0.3 is 12.1 Å². The van der Waals surface area contributed by atoms with Crippen molar-refractivity contribution in [1.82, 2.24) is 4.90 Å². The lowest BCUT2D eigenvalue weighted by atomic mass is 9.84. The Balaban J connectivity index is 1.44. The third-order valence-corrected chi connectivity index (χ3v) is 7.91. The van der Waals surface area contributed by atoms with Crippen LogP contribution in [0.5, 0.6) is 5.75 Å². The number of hydrogen-bond acceptors (Lipinski definition) is 7. The minimum atomic E-state index is -1.76. The summed E-state index contributed by atoms with van der Waals surface area (Å²) in [4.78, 5) is 53.1. The number of ketones is 2. The summed E-state index contributed by atoms with van der Waals surface area (Å²) in [5.74, 6) is -1.12. The van der Waals surface area contributed by atoms with Crippen molar-refractivity contribution in [2.45, 2.75) is 70.6 Å². The van der Waals surface area contributed by atoms with Gasteiger partial charge in [0.05, 0.1) is 6.61 Å². The number of ether oxygens (including phenoxy) is 3. The summed E-state index contributed by atoms with van der Waals surface area (Å²) in [5.41, 5.74) is 2.09. The molecule has 2 heterocycles. The topological polar surface area (TPSA) is 119 Å². The summed E-state index contributed by atoms with van der Waals surface area (Å²) < 4.78 is 16.8. The van der Waals surface area contributed by atoms with Crippen LogP contribution in [0.15, 0.2) is 30.3 Å². The molecule has 1 unspecified atom stereocenters. The normalized spacial score (nSPS) is 21.6. The first-order valence-electron chi connectivity index (χ1n) is 13.6. The third-order valence-electron chi connectivity index (χ3n) is 7.91. The molecule has 2 aliphatic heterocycles. The first-order chi connectivity index (χ1) is 18.9. The van der Waals surface area contributed by atoms with Crippen LogP contribution in [0, 0.1) is 5.92 Å². The van der Waals surface area contributed by atoms with E-state index in [-0.39, 0.29) is 37.9 Å². The van der Waals surface area contributed by atoms with Crippen molar-refractivity contribution in [3.63, 3.8) is 0 Å². The monoisotopic (exact) mass is 549 g/mol. The Bertz CT molecular complexity index is 1390. The van der Waals surface area contributed by atoms with Gasteiger partial charge in [-0.1, -0.05) is 12.1 Å². The lowest BCUT2D eigenvalue weighted by molar-refractivity contribution is -0.149. The molecule has 2 aromatic carbocycles. The van der Waals surface area contributed by atoms with Crippen molar-refractivity contribution in [2.75, 3.05) is 20.3 Å². The molecule has 212 valence electrons. The van der Waals surface area contributed by atoms with Gasteiger partial charge in [0.2, 0.25) is 0 Å². The largest absolute Gasteiger partial charge is 0.488 e. The molecular formula is C31H35NO8. The van der Waals surface area contributed by atoms with Crippen LogP contribution in [0.25, 0.3) is 11.1 Å². The first kappa shape index (κ1) is 27.8. The van der Waals surface area contributed by atoms with Crippen LogP contribution in [0.1, 0.15) is 78.3 Å². The van der Waals surface area contributed by atoms with E-state index in [0.29, 0.717) is 17.7 Å². The second-order valence-corrected chi connectivity index (χ2v) is 12.0. The lowest BCUT2D eigenvalue weighted by Crippen LogP contribution is -2.55. The highest BCUT2D eigenvalue weighted by atomic mass is 16.6. The van der Waals surface area contributed by atoms with Gasteiger partial charge in [0, 0.05) is 49.1 Å². The van der Waals surface area contributed by atoms with Gasteiger partial charge in [-0.3, -0.25) is 14.5 Å². The average molecular weight is 550 g/mol. The van der Waals surface area contributed by atoms with E-state index in [2.05, 4.69) is 0 Å². The lowest BCUT2D eigenvalue weighted by Gasteiger charge is -2.35. The Kier molecular flexibility index (Phi) is 7.20. The molecule has 9 heteroatoms.